The number of ketones is 1. The number of carbonyl (C=O) groups is 2. The van der Waals surface area contributed by atoms with E-state index in [1.807, 2.05) is 0 Å². The smallest absolute Gasteiger partial charge is 0.303 e. The number of aldehydes is 1. The summed E-state index contributed by atoms with van der Waals surface area (Å²) in [5.41, 5.74) is -0.279. The number of hydrogen-bond donors (Lipinski definition) is 0. The lowest BCUT2D eigenvalue weighted by atomic mass is 10.1. The highest BCUT2D eigenvalue weighted by Crippen LogP contribution is 2.29. The summed E-state index contributed by atoms with van der Waals surface area (Å²) < 4.78 is 36.6. The van der Waals surface area contributed by atoms with Crippen LogP contribution in [0.1, 0.15) is 17.5 Å². The van der Waals surface area contributed by atoms with Gasteiger partial charge < -0.3 is 4.79 Å². The van der Waals surface area contributed by atoms with Gasteiger partial charge in [0.15, 0.2) is 0 Å². The van der Waals surface area contributed by atoms with E-state index in [1.54, 1.807) is 0 Å². The summed E-state index contributed by atoms with van der Waals surface area (Å²) in [7, 11) is 0. The molecule has 2 nitrogen and oxygen atoms in total. The Labute approximate surface area is 90.1 Å². The maximum atomic E-state index is 12.2. The van der Waals surface area contributed by atoms with Crippen LogP contribution >= 0.6 is 0 Å². The van der Waals surface area contributed by atoms with Crippen molar-refractivity contribution in [1.82, 2.24) is 0 Å². The van der Waals surface area contributed by atoms with E-state index in [-0.39, 0.29) is 18.6 Å². The standard InChI is InChI=1S/C11H9F3O2/c12-11(13,14)9-3-1-8(2-4-9)7-10(16)5-6-15/h1-4,6H,5,7H2. The third kappa shape index (κ3) is 3.49. The maximum Gasteiger partial charge on any atom is 0.416 e. The Morgan fingerprint density at radius 1 is 1.19 bits per heavy atom. The van der Waals surface area contributed by atoms with Crippen LogP contribution in [0.4, 0.5) is 13.2 Å². The van der Waals surface area contributed by atoms with Crippen LogP contribution < -0.4 is 0 Å². The molecule has 86 valence electrons. The second-order valence-electron chi connectivity index (χ2n) is 3.28. The SMILES string of the molecule is O=CCC(=O)Cc1ccc(C(F)(F)F)cc1. The molecule has 0 spiro atoms. The molecule has 0 atom stereocenters. The number of Topliss-reactive ketones (excluding diaryl/α,β-unsaturated/α-hetero) is 1. The third-order valence-electron chi connectivity index (χ3n) is 1.99. The fourth-order valence-electron chi connectivity index (χ4n) is 1.20. The van der Waals surface area contributed by atoms with Crippen LogP contribution in [0.2, 0.25) is 0 Å². The van der Waals surface area contributed by atoms with Gasteiger partial charge in [0.05, 0.1) is 12.0 Å². The van der Waals surface area contributed by atoms with Gasteiger partial charge in [-0.1, -0.05) is 12.1 Å². The Morgan fingerprint density at radius 2 is 1.75 bits per heavy atom. The first-order valence-electron chi connectivity index (χ1n) is 4.55. The van der Waals surface area contributed by atoms with Crippen LogP contribution in [0.3, 0.4) is 0 Å². The predicted octanol–water partition coefficient (Wildman–Crippen LogP) is 2.41. The molecule has 0 radical (unpaired) electrons. The van der Waals surface area contributed by atoms with E-state index in [1.165, 1.54) is 12.1 Å². The first-order valence-corrected chi connectivity index (χ1v) is 4.55. The Morgan fingerprint density at radius 3 is 2.19 bits per heavy atom. The Bertz CT molecular complexity index is 379. The second kappa shape index (κ2) is 4.92. The number of benzene rings is 1. The summed E-state index contributed by atoms with van der Waals surface area (Å²) in [6.07, 6.45) is -4.12. The highest BCUT2D eigenvalue weighted by atomic mass is 19.4. The number of carbonyl (C=O) groups excluding carboxylic acids is 2. The molecule has 0 aromatic heterocycles. The zero-order valence-corrected chi connectivity index (χ0v) is 8.25. The molecule has 16 heavy (non-hydrogen) atoms. The van der Waals surface area contributed by atoms with E-state index in [0.29, 0.717) is 11.8 Å². The molecular formula is C11H9F3O2. The Kier molecular flexibility index (Phi) is 3.82. The molecule has 0 heterocycles. The van der Waals surface area contributed by atoms with E-state index in [9.17, 15) is 22.8 Å². The van der Waals surface area contributed by atoms with E-state index >= 15 is 0 Å². The molecule has 0 aliphatic rings. The summed E-state index contributed by atoms with van der Waals surface area (Å²) in [6, 6.07) is 4.32. The zero-order chi connectivity index (χ0) is 12.2. The zero-order valence-electron chi connectivity index (χ0n) is 8.25. The lowest BCUT2D eigenvalue weighted by molar-refractivity contribution is -0.137. The molecule has 1 rings (SSSR count). The van der Waals surface area contributed by atoms with Crippen molar-refractivity contribution >= 4 is 12.1 Å². The molecule has 0 amide bonds. The molecule has 1 aromatic carbocycles. The van der Waals surface area contributed by atoms with Gasteiger partial charge in [0, 0.05) is 6.42 Å². The molecule has 0 fully saturated rings. The van der Waals surface area contributed by atoms with Gasteiger partial charge in [-0.3, -0.25) is 4.79 Å². The van der Waals surface area contributed by atoms with Crippen molar-refractivity contribution in [3.05, 3.63) is 35.4 Å². The van der Waals surface area contributed by atoms with E-state index in [4.69, 9.17) is 0 Å². The summed E-state index contributed by atoms with van der Waals surface area (Å²) in [6.45, 7) is 0. The number of alkyl halides is 3. The lowest BCUT2D eigenvalue weighted by Gasteiger charge is -2.06. The second-order valence-corrected chi connectivity index (χ2v) is 3.28. The van der Waals surface area contributed by atoms with E-state index in [0.717, 1.165) is 12.1 Å². The molecule has 5 heteroatoms. The Balaban J connectivity index is 2.72. The fourth-order valence-corrected chi connectivity index (χ4v) is 1.20. The average molecular weight is 230 g/mol. The van der Waals surface area contributed by atoms with Crippen molar-refractivity contribution in [3.63, 3.8) is 0 Å². The number of rotatable bonds is 4. The van der Waals surface area contributed by atoms with Gasteiger partial charge in [0.1, 0.15) is 12.1 Å². The van der Waals surface area contributed by atoms with Gasteiger partial charge in [0.2, 0.25) is 0 Å². The van der Waals surface area contributed by atoms with Gasteiger partial charge in [-0.25, -0.2) is 0 Å². The summed E-state index contributed by atoms with van der Waals surface area (Å²) in [4.78, 5) is 21.1. The molecule has 0 aliphatic heterocycles. The topological polar surface area (TPSA) is 34.1 Å². The van der Waals surface area contributed by atoms with Crippen molar-refractivity contribution in [3.8, 4) is 0 Å². The summed E-state index contributed by atoms with van der Waals surface area (Å²) >= 11 is 0. The average Bonchev–Trinajstić information content (AvgIpc) is 2.17. The van der Waals surface area contributed by atoms with Gasteiger partial charge in [-0.05, 0) is 17.7 Å². The minimum Gasteiger partial charge on any atom is -0.303 e. The van der Waals surface area contributed by atoms with E-state index in [2.05, 4.69) is 0 Å². The van der Waals surface area contributed by atoms with Crippen molar-refractivity contribution < 1.29 is 22.8 Å². The molecule has 0 unspecified atom stereocenters. The fraction of sp³-hybridized carbons (Fsp3) is 0.273. The lowest BCUT2D eigenvalue weighted by Crippen LogP contribution is -2.06. The quantitative estimate of drug-likeness (QED) is 0.588. The largest absolute Gasteiger partial charge is 0.416 e. The van der Waals surface area contributed by atoms with E-state index < -0.39 is 11.7 Å². The van der Waals surface area contributed by atoms with Crippen molar-refractivity contribution in [2.75, 3.05) is 0 Å². The van der Waals surface area contributed by atoms with Crippen LogP contribution in [0.25, 0.3) is 0 Å². The summed E-state index contributed by atoms with van der Waals surface area (Å²) in [5, 5.41) is 0. The first-order chi connectivity index (χ1) is 7.43. The molecule has 0 bridgehead atoms. The number of halogens is 3. The monoisotopic (exact) mass is 230 g/mol. The minimum atomic E-state index is -4.37. The first kappa shape index (κ1) is 12.4. The van der Waals surface area contributed by atoms with Crippen LogP contribution in [-0.4, -0.2) is 12.1 Å². The molecule has 0 saturated carbocycles. The third-order valence-corrected chi connectivity index (χ3v) is 1.99. The molecule has 1 aromatic rings. The van der Waals surface area contributed by atoms with Crippen LogP contribution in [0.15, 0.2) is 24.3 Å². The van der Waals surface area contributed by atoms with Crippen molar-refractivity contribution in [1.29, 1.82) is 0 Å². The molecule has 0 saturated heterocycles. The molecule has 0 N–H and O–H groups in total. The number of hydrogen-bond acceptors (Lipinski definition) is 2. The Hall–Kier alpha value is -1.65. The van der Waals surface area contributed by atoms with Crippen LogP contribution in [0, 0.1) is 0 Å². The predicted molar refractivity (Wildman–Crippen MR) is 50.8 cm³/mol. The van der Waals surface area contributed by atoms with Crippen LogP contribution in [-0.2, 0) is 22.2 Å². The van der Waals surface area contributed by atoms with Crippen LogP contribution in [0.5, 0.6) is 0 Å². The highest BCUT2D eigenvalue weighted by Gasteiger charge is 2.29. The van der Waals surface area contributed by atoms with Gasteiger partial charge in [-0.2, -0.15) is 13.2 Å². The highest BCUT2D eigenvalue weighted by molar-refractivity contribution is 5.91. The van der Waals surface area contributed by atoms with Gasteiger partial charge >= 0.3 is 6.18 Å². The van der Waals surface area contributed by atoms with Crippen molar-refractivity contribution in [2.24, 2.45) is 0 Å². The summed E-state index contributed by atoms with van der Waals surface area (Å²) in [5.74, 6) is -0.310. The normalized spacial score (nSPS) is 11.2. The molecular weight excluding hydrogens is 221 g/mol. The van der Waals surface area contributed by atoms with Gasteiger partial charge in [0.25, 0.3) is 0 Å². The van der Waals surface area contributed by atoms with Crippen molar-refractivity contribution in [2.45, 2.75) is 19.0 Å². The molecule has 0 aliphatic carbocycles. The maximum absolute atomic E-state index is 12.2. The minimum absolute atomic E-state index is 0.0170. The van der Waals surface area contributed by atoms with Gasteiger partial charge in [-0.15, -0.1) is 0 Å².